The van der Waals surface area contributed by atoms with Crippen LogP contribution in [0, 0.1) is 0 Å². The lowest BCUT2D eigenvalue weighted by Gasteiger charge is -2.32. The van der Waals surface area contributed by atoms with Crippen LogP contribution in [0.3, 0.4) is 0 Å². The number of rotatable bonds is 4. The third-order valence-electron chi connectivity index (χ3n) is 4.82. The van der Waals surface area contributed by atoms with Crippen molar-refractivity contribution < 1.29 is 14.1 Å². The molecule has 7 heteroatoms. The van der Waals surface area contributed by atoms with E-state index in [-0.39, 0.29) is 5.12 Å². The second-order valence-electron chi connectivity index (χ2n) is 7.24. The number of carbonyl (C=O) groups excluding carboxylic acids is 1. The van der Waals surface area contributed by atoms with E-state index in [9.17, 15) is 4.79 Å². The molecule has 1 saturated heterocycles. The molecule has 0 spiro atoms. The van der Waals surface area contributed by atoms with Gasteiger partial charge in [-0.05, 0) is 45.3 Å². The Kier molecular flexibility index (Phi) is 4.83. The molecule has 25 heavy (non-hydrogen) atoms. The summed E-state index contributed by atoms with van der Waals surface area (Å²) in [5.41, 5.74) is 1.86. The number of fused-ring (bicyclic) bond motifs is 1. The van der Waals surface area contributed by atoms with Crippen LogP contribution in [0.2, 0.25) is 0 Å². The molecule has 0 atom stereocenters. The van der Waals surface area contributed by atoms with E-state index in [0.717, 1.165) is 22.1 Å². The number of aromatic amines is 1. The summed E-state index contributed by atoms with van der Waals surface area (Å²) in [4.78, 5) is 11.5. The molecule has 0 aliphatic carbocycles. The Morgan fingerprint density at radius 3 is 2.52 bits per heavy atom. The van der Waals surface area contributed by atoms with Gasteiger partial charge in [0, 0.05) is 18.1 Å². The van der Waals surface area contributed by atoms with Crippen LogP contribution >= 0.6 is 11.8 Å². The van der Waals surface area contributed by atoms with Crippen molar-refractivity contribution in [3.63, 3.8) is 0 Å². The van der Waals surface area contributed by atoms with Crippen molar-refractivity contribution >= 4 is 41.0 Å². The fourth-order valence-corrected chi connectivity index (χ4v) is 3.22. The lowest BCUT2D eigenvalue weighted by Crippen LogP contribution is -2.41. The molecule has 1 fully saturated rings. The van der Waals surface area contributed by atoms with E-state index in [1.54, 1.807) is 6.92 Å². The van der Waals surface area contributed by atoms with Crippen LogP contribution in [-0.4, -0.2) is 39.4 Å². The van der Waals surface area contributed by atoms with Gasteiger partial charge in [-0.1, -0.05) is 30.0 Å². The fourth-order valence-electron chi connectivity index (χ4n) is 2.63. The van der Waals surface area contributed by atoms with Gasteiger partial charge in [0.2, 0.25) is 0 Å². The van der Waals surface area contributed by atoms with Crippen molar-refractivity contribution in [2.75, 3.05) is 5.75 Å². The van der Waals surface area contributed by atoms with Crippen molar-refractivity contribution in [3.8, 4) is 0 Å². The first-order valence-electron chi connectivity index (χ1n) is 8.32. The minimum Gasteiger partial charge on any atom is -0.400 e. The number of hydrogen-bond acceptors (Lipinski definition) is 5. The summed E-state index contributed by atoms with van der Waals surface area (Å²) < 4.78 is 12.3. The second-order valence-corrected chi connectivity index (χ2v) is 8.39. The molecule has 1 aromatic heterocycles. The highest BCUT2D eigenvalue weighted by atomic mass is 32.2. The van der Waals surface area contributed by atoms with Crippen LogP contribution < -0.4 is 0 Å². The topological polar surface area (TPSA) is 64.2 Å². The first kappa shape index (κ1) is 18.2. The summed E-state index contributed by atoms with van der Waals surface area (Å²) in [6.45, 7) is 9.66. The number of nitrogens with zero attached hydrogens (tertiary/aromatic N) is 1. The summed E-state index contributed by atoms with van der Waals surface area (Å²) in [6.07, 6.45) is 1.99. The van der Waals surface area contributed by atoms with Gasteiger partial charge >= 0.3 is 7.12 Å². The Bertz CT molecular complexity index is 813. The van der Waals surface area contributed by atoms with Gasteiger partial charge in [0.1, 0.15) is 0 Å². The molecule has 0 saturated carbocycles. The van der Waals surface area contributed by atoms with Crippen LogP contribution in [0.25, 0.3) is 17.0 Å². The van der Waals surface area contributed by atoms with E-state index in [2.05, 4.69) is 10.2 Å². The molecule has 5 nitrogen and oxygen atoms in total. The van der Waals surface area contributed by atoms with Gasteiger partial charge < -0.3 is 9.31 Å². The lowest BCUT2D eigenvalue weighted by atomic mass is 9.78. The molecule has 132 valence electrons. The van der Waals surface area contributed by atoms with Crippen LogP contribution in [-0.2, 0) is 14.1 Å². The number of hydrogen-bond donors (Lipinski definition) is 1. The van der Waals surface area contributed by atoms with Crippen LogP contribution in [0.4, 0.5) is 0 Å². The maximum atomic E-state index is 11.5. The van der Waals surface area contributed by atoms with Crippen molar-refractivity contribution in [3.05, 3.63) is 35.4 Å². The summed E-state index contributed by atoms with van der Waals surface area (Å²) in [7, 11) is -0.487. The minimum absolute atomic E-state index is 0.0666. The molecule has 1 aromatic carbocycles. The Labute approximate surface area is 152 Å². The van der Waals surface area contributed by atoms with Gasteiger partial charge in [-0.15, -0.1) is 0 Å². The fraction of sp³-hybridized carbons (Fsp3) is 0.444. The summed E-state index contributed by atoms with van der Waals surface area (Å²) in [5, 5.41) is 8.49. The molecule has 2 heterocycles. The van der Waals surface area contributed by atoms with Gasteiger partial charge in [0.05, 0.1) is 22.4 Å². The van der Waals surface area contributed by atoms with E-state index in [0.29, 0.717) is 5.75 Å². The summed E-state index contributed by atoms with van der Waals surface area (Å²) in [6, 6.07) is 7.91. The first-order chi connectivity index (χ1) is 11.7. The van der Waals surface area contributed by atoms with Crippen molar-refractivity contribution in [2.24, 2.45) is 0 Å². The second kappa shape index (κ2) is 6.63. The zero-order valence-corrected chi connectivity index (χ0v) is 16.1. The van der Waals surface area contributed by atoms with E-state index in [1.807, 2.05) is 58.0 Å². The molecule has 3 rings (SSSR count). The summed E-state index contributed by atoms with van der Waals surface area (Å²) in [5.74, 6) is 0.513. The highest BCUT2D eigenvalue weighted by Crippen LogP contribution is 2.39. The monoisotopic (exact) mass is 358 g/mol. The van der Waals surface area contributed by atoms with Gasteiger partial charge in [0.15, 0.2) is 5.12 Å². The zero-order valence-electron chi connectivity index (χ0n) is 15.3. The number of H-pyrrole nitrogens is 1. The largest absolute Gasteiger partial charge is 0.491 e. The van der Waals surface area contributed by atoms with E-state index < -0.39 is 18.3 Å². The van der Waals surface area contributed by atoms with E-state index in [4.69, 9.17) is 9.31 Å². The molecular formula is C18H23BN2O3S. The molecule has 0 bridgehead atoms. The van der Waals surface area contributed by atoms with Crippen molar-refractivity contribution in [1.29, 1.82) is 0 Å². The van der Waals surface area contributed by atoms with Gasteiger partial charge in [-0.25, -0.2) is 0 Å². The molecule has 1 aliphatic heterocycles. The quantitative estimate of drug-likeness (QED) is 0.841. The lowest BCUT2D eigenvalue weighted by molar-refractivity contribution is -0.109. The highest BCUT2D eigenvalue weighted by Gasteiger charge is 2.52. The Morgan fingerprint density at radius 1 is 1.24 bits per heavy atom. The highest BCUT2D eigenvalue weighted by molar-refractivity contribution is 8.13. The maximum absolute atomic E-state index is 11.5. The maximum Gasteiger partial charge on any atom is 0.491 e. The molecule has 1 aliphatic rings. The molecule has 0 unspecified atom stereocenters. The van der Waals surface area contributed by atoms with Gasteiger partial charge in [-0.2, -0.15) is 5.10 Å². The Morgan fingerprint density at radius 2 is 1.88 bits per heavy atom. The van der Waals surface area contributed by atoms with E-state index in [1.165, 1.54) is 11.8 Å². The van der Waals surface area contributed by atoms with Crippen molar-refractivity contribution in [2.45, 2.75) is 45.8 Å². The number of thioether (sulfide) groups is 1. The Hall–Kier alpha value is -1.57. The van der Waals surface area contributed by atoms with Crippen LogP contribution in [0.15, 0.2) is 29.7 Å². The predicted molar refractivity (Wildman–Crippen MR) is 103 cm³/mol. The smallest absolute Gasteiger partial charge is 0.400 e. The average molecular weight is 358 g/mol. The van der Waals surface area contributed by atoms with Crippen LogP contribution in [0.5, 0.6) is 0 Å². The third-order valence-corrected chi connectivity index (χ3v) is 5.70. The minimum atomic E-state index is -0.487. The number of benzene rings is 1. The normalized spacial score (nSPS) is 19.6. The average Bonchev–Trinajstić information content (AvgIpc) is 3.02. The predicted octanol–water partition coefficient (Wildman–Crippen LogP) is 3.86. The molecule has 1 N–H and O–H groups in total. The number of nitrogens with one attached hydrogen (secondary N) is 1. The molecule has 0 radical (unpaired) electrons. The standard InChI is InChI=1S/C18H23BN2O3S/c1-12(22)25-11-13(19-23-17(2,3)18(4,5)24-19)10-16-14-8-6-7-9-15(14)20-21-16/h6-10H,11H2,1-5H3,(H,20,21). The number of carbonyl (C=O) groups is 1. The molecular weight excluding hydrogens is 335 g/mol. The van der Waals surface area contributed by atoms with Gasteiger partial charge in [0.25, 0.3) is 0 Å². The number of para-hydroxylation sites is 1. The molecule has 0 amide bonds. The third kappa shape index (κ3) is 3.68. The van der Waals surface area contributed by atoms with E-state index >= 15 is 0 Å². The Balaban J connectivity index is 1.96. The first-order valence-corrected chi connectivity index (χ1v) is 9.31. The molecule has 2 aromatic rings. The zero-order chi connectivity index (χ0) is 18.2. The van der Waals surface area contributed by atoms with Gasteiger partial charge in [-0.3, -0.25) is 9.89 Å². The van der Waals surface area contributed by atoms with Crippen LogP contribution in [0.1, 0.15) is 40.3 Å². The summed E-state index contributed by atoms with van der Waals surface area (Å²) >= 11 is 1.25. The SMILES string of the molecule is CC(=O)SCC(=Cc1[nH]nc2ccccc12)B1OC(C)(C)C(C)(C)O1. The van der Waals surface area contributed by atoms with Crippen molar-refractivity contribution in [1.82, 2.24) is 10.2 Å². The number of aromatic nitrogens is 2.